The molecular formula is C24H37NO3. The van der Waals surface area contributed by atoms with Crippen LogP contribution in [0.2, 0.25) is 0 Å². The van der Waals surface area contributed by atoms with Crippen LogP contribution in [0, 0.1) is 0 Å². The topological polar surface area (TPSA) is 47.6 Å². The summed E-state index contributed by atoms with van der Waals surface area (Å²) in [5.41, 5.74) is 3.86. The Morgan fingerprint density at radius 1 is 1.21 bits per heavy atom. The molecular weight excluding hydrogens is 350 g/mol. The number of hydrogen-bond donors (Lipinski definition) is 1. The molecule has 4 heteroatoms. The van der Waals surface area contributed by atoms with E-state index in [1.54, 1.807) is 7.05 Å². The molecule has 28 heavy (non-hydrogen) atoms. The van der Waals surface area contributed by atoms with E-state index in [2.05, 4.69) is 35.5 Å². The lowest BCUT2D eigenvalue weighted by Gasteiger charge is -1.99. The number of hydroxylamine groups is 1. The number of rotatable bonds is 8. The number of nitrogens with one attached hydrogen (secondary N) is 1. The van der Waals surface area contributed by atoms with Crippen LogP contribution in [0.3, 0.4) is 0 Å². The molecule has 0 spiro atoms. The van der Waals surface area contributed by atoms with Crippen molar-refractivity contribution in [3.63, 3.8) is 0 Å². The van der Waals surface area contributed by atoms with Gasteiger partial charge in [0.2, 0.25) is 0 Å². The molecule has 0 aromatic heterocycles. The maximum Gasteiger partial charge on any atom is 0.324 e. The smallest absolute Gasteiger partial charge is 0.324 e. The number of carbonyl (C=O) groups excluding carboxylic acids is 1. The van der Waals surface area contributed by atoms with Crippen LogP contribution < -0.4 is 10.2 Å². The van der Waals surface area contributed by atoms with Gasteiger partial charge in [0.25, 0.3) is 0 Å². The molecule has 0 bridgehead atoms. The Morgan fingerprint density at radius 3 is 2.50 bits per heavy atom. The van der Waals surface area contributed by atoms with Crippen molar-refractivity contribution in [1.82, 2.24) is 5.48 Å². The Bertz CT molecular complexity index is 577. The van der Waals surface area contributed by atoms with Crippen molar-refractivity contribution in [2.45, 2.75) is 59.3 Å². The fraction of sp³-hybridized carbons (Fsp3) is 0.458. The number of hydrogen-bond acceptors (Lipinski definition) is 4. The zero-order valence-electron chi connectivity index (χ0n) is 17.9. The Labute approximate surface area is 171 Å². The van der Waals surface area contributed by atoms with Gasteiger partial charge in [-0.3, -0.25) is 4.79 Å². The average molecular weight is 388 g/mol. The summed E-state index contributed by atoms with van der Waals surface area (Å²) in [5, 5.41) is 0. The minimum atomic E-state index is -0.197. The number of para-hydroxylation sites is 1. The molecule has 0 radical (unpaired) electrons. The second-order valence-corrected chi connectivity index (χ2v) is 6.01. The van der Waals surface area contributed by atoms with Gasteiger partial charge in [0.1, 0.15) is 5.75 Å². The van der Waals surface area contributed by atoms with Crippen LogP contribution in [0.5, 0.6) is 5.75 Å². The fourth-order valence-electron chi connectivity index (χ4n) is 2.38. The van der Waals surface area contributed by atoms with E-state index in [-0.39, 0.29) is 5.97 Å². The van der Waals surface area contributed by atoms with E-state index in [1.165, 1.54) is 24.8 Å². The molecule has 1 aliphatic carbocycles. The summed E-state index contributed by atoms with van der Waals surface area (Å²) < 4.78 is 5.21. The standard InChI is InChI=1S/C8H15NO2.C8H10O.C8H12/c1-3-4-5-6-7-8(10)11-9-2;1-2-9-8-6-4-3-5-7-8;1-2-5-8-6-3-4-7-8/h3-4,9H,5-7H2,1-2H3;3-7H,2H2,1H3;3,5-6H,2,4,7H2,1H3/b4-3-;;8-5-. The number of ether oxygens (including phenoxy) is 1. The number of benzene rings is 1. The Kier molecular flexibility index (Phi) is 17.8. The SMILES string of the molecule is C/C=C\CCCC(=O)ONC.CC/C=C1/C=CCC1.CCOc1ccccc1. The molecule has 2 rings (SSSR count). The summed E-state index contributed by atoms with van der Waals surface area (Å²) in [5.74, 6) is 0.747. The number of carbonyl (C=O) groups is 1. The van der Waals surface area contributed by atoms with Crippen molar-refractivity contribution >= 4 is 5.97 Å². The average Bonchev–Trinajstić information content (AvgIpc) is 3.21. The van der Waals surface area contributed by atoms with Gasteiger partial charge in [0.05, 0.1) is 6.61 Å². The van der Waals surface area contributed by atoms with E-state index in [4.69, 9.17) is 4.74 Å². The van der Waals surface area contributed by atoms with E-state index in [9.17, 15) is 4.79 Å². The van der Waals surface area contributed by atoms with Crippen LogP contribution in [0.1, 0.15) is 59.3 Å². The summed E-state index contributed by atoms with van der Waals surface area (Å²) in [7, 11) is 1.57. The zero-order chi connectivity index (χ0) is 20.9. The van der Waals surface area contributed by atoms with Crippen LogP contribution in [-0.2, 0) is 9.63 Å². The van der Waals surface area contributed by atoms with E-state index >= 15 is 0 Å². The normalized spacial score (nSPS) is 13.5. The summed E-state index contributed by atoms with van der Waals surface area (Å²) in [4.78, 5) is 15.2. The molecule has 156 valence electrons. The summed E-state index contributed by atoms with van der Waals surface area (Å²) >= 11 is 0. The summed E-state index contributed by atoms with van der Waals surface area (Å²) in [6, 6.07) is 9.80. The molecule has 0 aliphatic heterocycles. The first-order valence-electron chi connectivity index (χ1n) is 10.2. The van der Waals surface area contributed by atoms with Crippen LogP contribution in [0.15, 0.2) is 66.3 Å². The van der Waals surface area contributed by atoms with Crippen molar-refractivity contribution in [1.29, 1.82) is 0 Å². The van der Waals surface area contributed by atoms with Crippen LogP contribution >= 0.6 is 0 Å². The van der Waals surface area contributed by atoms with Crippen molar-refractivity contribution < 1.29 is 14.4 Å². The second-order valence-electron chi connectivity index (χ2n) is 6.01. The second kappa shape index (κ2) is 19.4. The number of unbranched alkanes of at least 4 members (excludes halogenated alkanes) is 1. The Morgan fingerprint density at radius 2 is 1.96 bits per heavy atom. The molecule has 1 aromatic carbocycles. The monoisotopic (exact) mass is 387 g/mol. The maximum atomic E-state index is 10.7. The highest BCUT2D eigenvalue weighted by Crippen LogP contribution is 2.15. The lowest BCUT2D eigenvalue weighted by atomic mass is 10.2. The van der Waals surface area contributed by atoms with Gasteiger partial charge in [-0.2, -0.15) is 5.48 Å². The molecule has 0 saturated carbocycles. The van der Waals surface area contributed by atoms with Crippen molar-refractivity contribution in [2.75, 3.05) is 13.7 Å². The predicted octanol–water partition coefficient (Wildman–Crippen LogP) is 6.17. The first-order chi connectivity index (χ1) is 13.7. The molecule has 0 amide bonds. The first kappa shape index (κ1) is 25.7. The lowest BCUT2D eigenvalue weighted by Crippen LogP contribution is -2.14. The molecule has 0 fully saturated rings. The zero-order valence-corrected chi connectivity index (χ0v) is 17.9. The molecule has 1 aromatic rings. The molecule has 0 saturated heterocycles. The van der Waals surface area contributed by atoms with Gasteiger partial charge in [0.15, 0.2) is 0 Å². The highest BCUT2D eigenvalue weighted by molar-refractivity contribution is 5.68. The molecule has 1 aliphatic rings. The largest absolute Gasteiger partial charge is 0.494 e. The van der Waals surface area contributed by atoms with Crippen LogP contribution in [0.4, 0.5) is 0 Å². The third-order valence-electron chi connectivity index (χ3n) is 3.66. The maximum absolute atomic E-state index is 10.7. The highest BCUT2D eigenvalue weighted by atomic mass is 16.7. The summed E-state index contributed by atoms with van der Waals surface area (Å²) in [6.45, 7) is 6.86. The fourth-order valence-corrected chi connectivity index (χ4v) is 2.38. The Balaban J connectivity index is 0.000000395. The number of allylic oxidation sites excluding steroid dienone is 6. The van der Waals surface area contributed by atoms with Gasteiger partial charge >= 0.3 is 5.97 Å². The van der Waals surface area contributed by atoms with Gasteiger partial charge in [0, 0.05) is 13.5 Å². The minimum absolute atomic E-state index is 0.197. The molecule has 0 atom stereocenters. The van der Waals surface area contributed by atoms with Gasteiger partial charge < -0.3 is 9.57 Å². The van der Waals surface area contributed by atoms with Gasteiger partial charge in [-0.15, -0.1) is 0 Å². The van der Waals surface area contributed by atoms with E-state index < -0.39 is 0 Å². The molecule has 0 unspecified atom stereocenters. The van der Waals surface area contributed by atoms with E-state index in [0.29, 0.717) is 6.42 Å². The van der Waals surface area contributed by atoms with Gasteiger partial charge in [-0.05, 0) is 58.1 Å². The quantitative estimate of drug-likeness (QED) is 0.329. The van der Waals surface area contributed by atoms with Crippen LogP contribution in [-0.4, -0.2) is 19.6 Å². The third-order valence-corrected chi connectivity index (χ3v) is 3.66. The van der Waals surface area contributed by atoms with Gasteiger partial charge in [-0.1, -0.05) is 61.1 Å². The van der Waals surface area contributed by atoms with E-state index in [1.807, 2.05) is 56.3 Å². The van der Waals surface area contributed by atoms with Crippen molar-refractivity contribution in [3.8, 4) is 5.75 Å². The summed E-state index contributed by atoms with van der Waals surface area (Å²) in [6.07, 6.45) is 16.7. The van der Waals surface area contributed by atoms with E-state index in [0.717, 1.165) is 25.2 Å². The third kappa shape index (κ3) is 15.9. The van der Waals surface area contributed by atoms with Crippen LogP contribution in [0.25, 0.3) is 0 Å². The Hall–Kier alpha value is -2.33. The molecule has 0 heterocycles. The lowest BCUT2D eigenvalue weighted by molar-refractivity contribution is -0.149. The molecule has 1 N–H and O–H groups in total. The first-order valence-corrected chi connectivity index (χ1v) is 10.2. The van der Waals surface area contributed by atoms with Crippen molar-refractivity contribution in [2.24, 2.45) is 0 Å². The predicted molar refractivity (Wildman–Crippen MR) is 118 cm³/mol. The van der Waals surface area contributed by atoms with Gasteiger partial charge in [-0.25, -0.2) is 0 Å². The minimum Gasteiger partial charge on any atom is -0.494 e. The molecule has 4 nitrogen and oxygen atoms in total. The highest BCUT2D eigenvalue weighted by Gasteiger charge is 1.98. The van der Waals surface area contributed by atoms with Crippen molar-refractivity contribution in [3.05, 3.63) is 66.3 Å².